The first-order chi connectivity index (χ1) is 14.3. The van der Waals surface area contributed by atoms with Crippen LogP contribution in [0.2, 0.25) is 0 Å². The van der Waals surface area contributed by atoms with Crippen molar-refractivity contribution in [2.45, 2.75) is 36.9 Å². The van der Waals surface area contributed by atoms with E-state index in [-0.39, 0.29) is 17.7 Å². The number of alkyl halides is 3. The van der Waals surface area contributed by atoms with Crippen molar-refractivity contribution >= 4 is 29.2 Å². The zero-order valence-corrected chi connectivity index (χ0v) is 18.0. The Morgan fingerprint density at radius 3 is 2.53 bits per heavy atom. The molecule has 3 aromatic rings. The Hall–Kier alpha value is -2.18. The molecule has 0 radical (unpaired) electrons. The van der Waals surface area contributed by atoms with Gasteiger partial charge in [0, 0.05) is 44.8 Å². The zero-order chi connectivity index (χ0) is 21.3. The molecule has 0 saturated carbocycles. The number of aryl methyl sites for hydroxylation is 2. The van der Waals surface area contributed by atoms with Crippen LogP contribution in [0.15, 0.2) is 29.7 Å². The molecular weight excluding hydrogens is 435 g/mol. The quantitative estimate of drug-likeness (QED) is 0.577. The first-order valence-electron chi connectivity index (χ1n) is 9.33. The molecule has 30 heavy (non-hydrogen) atoms. The lowest BCUT2D eigenvalue weighted by Gasteiger charge is -2.31. The molecular formula is C18H20F3N7S2. The average molecular weight is 456 g/mol. The Kier molecular flexibility index (Phi) is 5.98. The lowest BCUT2D eigenvalue weighted by Crippen LogP contribution is -2.36. The van der Waals surface area contributed by atoms with Crippen molar-refractivity contribution < 1.29 is 13.2 Å². The van der Waals surface area contributed by atoms with Gasteiger partial charge in [-0.05, 0) is 31.7 Å². The molecule has 3 aromatic heterocycles. The molecule has 1 aliphatic heterocycles. The van der Waals surface area contributed by atoms with Crippen LogP contribution in [0, 0.1) is 6.92 Å². The van der Waals surface area contributed by atoms with E-state index in [1.54, 1.807) is 23.6 Å². The number of nitrogens with one attached hydrogen (secondary N) is 1. The second-order valence-electron chi connectivity index (χ2n) is 6.99. The fraction of sp³-hybridized carbons (Fsp3) is 0.444. The van der Waals surface area contributed by atoms with Crippen LogP contribution in [0.1, 0.15) is 23.4 Å². The predicted molar refractivity (Wildman–Crippen MR) is 110 cm³/mol. The fourth-order valence-electron chi connectivity index (χ4n) is 3.19. The topological polar surface area (TPSA) is 71.8 Å². The molecule has 4 rings (SSSR count). The number of anilines is 1. The van der Waals surface area contributed by atoms with Crippen LogP contribution >= 0.6 is 23.3 Å². The molecule has 0 spiro atoms. The molecule has 0 unspecified atom stereocenters. The molecule has 1 fully saturated rings. The minimum Gasteiger partial charge on any atom is -0.351 e. The molecule has 0 atom stereocenters. The number of rotatable bonds is 5. The Morgan fingerprint density at radius 1 is 1.17 bits per heavy atom. The summed E-state index contributed by atoms with van der Waals surface area (Å²) in [6.07, 6.45) is 3.23. The van der Waals surface area contributed by atoms with Crippen molar-refractivity contribution in [3.63, 3.8) is 0 Å². The molecule has 1 aliphatic rings. The van der Waals surface area contributed by atoms with Crippen molar-refractivity contribution in [3.8, 4) is 10.6 Å². The highest BCUT2D eigenvalue weighted by Crippen LogP contribution is 2.38. The molecule has 12 heteroatoms. The summed E-state index contributed by atoms with van der Waals surface area (Å²) in [5.74, 6) is 0.211. The number of hydrogen-bond acceptors (Lipinski definition) is 8. The third-order valence-corrected chi connectivity index (χ3v) is 6.62. The molecule has 0 amide bonds. The zero-order valence-electron chi connectivity index (χ0n) is 16.3. The monoisotopic (exact) mass is 455 g/mol. The highest BCUT2D eigenvalue weighted by molar-refractivity contribution is 7.97. The Bertz CT molecular complexity index is 1010. The van der Waals surface area contributed by atoms with Crippen molar-refractivity contribution in [2.75, 3.05) is 18.4 Å². The predicted octanol–water partition coefficient (Wildman–Crippen LogP) is 4.24. The van der Waals surface area contributed by atoms with Gasteiger partial charge < -0.3 is 5.32 Å². The van der Waals surface area contributed by atoms with Gasteiger partial charge in [0.1, 0.15) is 5.56 Å². The average Bonchev–Trinajstić information content (AvgIpc) is 3.30. The summed E-state index contributed by atoms with van der Waals surface area (Å²) in [6, 6.07) is 0.100. The van der Waals surface area contributed by atoms with Crippen LogP contribution in [0.5, 0.6) is 0 Å². The molecule has 0 bridgehead atoms. The molecule has 0 aromatic carbocycles. The van der Waals surface area contributed by atoms with Crippen LogP contribution in [-0.4, -0.2) is 48.2 Å². The van der Waals surface area contributed by atoms with Gasteiger partial charge in [-0.25, -0.2) is 19.3 Å². The van der Waals surface area contributed by atoms with Crippen LogP contribution in [0.4, 0.5) is 19.1 Å². The van der Waals surface area contributed by atoms with E-state index in [0.717, 1.165) is 37.0 Å². The molecule has 1 saturated heterocycles. The minimum atomic E-state index is -4.53. The standard InChI is InChI=1S/C18H20F3N7S2/c1-11-22-9-15(29-11)16-14(18(19,20)21)8-23-17(26-16)25-12-3-5-28(6-4-12)30-13-7-24-27(2)10-13/h7-10,12H,3-6H2,1-2H3,(H,23,25,26). The number of piperidine rings is 1. The van der Waals surface area contributed by atoms with Gasteiger partial charge in [0.2, 0.25) is 5.95 Å². The van der Waals surface area contributed by atoms with E-state index in [1.165, 1.54) is 17.5 Å². The summed E-state index contributed by atoms with van der Waals surface area (Å²) in [6.45, 7) is 3.44. The van der Waals surface area contributed by atoms with Gasteiger partial charge in [-0.2, -0.15) is 18.3 Å². The largest absolute Gasteiger partial charge is 0.420 e. The third kappa shape index (κ3) is 4.93. The van der Waals surface area contributed by atoms with Crippen molar-refractivity contribution in [1.82, 2.24) is 29.0 Å². The van der Waals surface area contributed by atoms with Crippen LogP contribution in [-0.2, 0) is 13.2 Å². The Labute approximate surface area is 179 Å². The second kappa shape index (κ2) is 8.52. The maximum absolute atomic E-state index is 13.4. The maximum atomic E-state index is 13.4. The highest BCUT2D eigenvalue weighted by atomic mass is 32.2. The van der Waals surface area contributed by atoms with E-state index in [1.807, 2.05) is 19.4 Å². The Morgan fingerprint density at radius 2 is 1.93 bits per heavy atom. The molecule has 4 heterocycles. The second-order valence-corrected chi connectivity index (χ2v) is 9.39. The maximum Gasteiger partial charge on any atom is 0.420 e. The summed E-state index contributed by atoms with van der Waals surface area (Å²) in [4.78, 5) is 13.7. The first kappa shape index (κ1) is 21.1. The number of halogens is 3. The van der Waals surface area contributed by atoms with Gasteiger partial charge in [0.15, 0.2) is 0 Å². The van der Waals surface area contributed by atoms with Gasteiger partial charge in [-0.15, -0.1) is 11.3 Å². The summed E-state index contributed by atoms with van der Waals surface area (Å²) >= 11 is 2.84. The van der Waals surface area contributed by atoms with Gasteiger partial charge in [-0.3, -0.25) is 4.68 Å². The number of nitrogens with zero attached hydrogens (tertiary/aromatic N) is 6. The minimum absolute atomic E-state index is 0.100. The number of hydrogen-bond donors (Lipinski definition) is 1. The van der Waals surface area contributed by atoms with E-state index in [2.05, 4.69) is 29.7 Å². The lowest BCUT2D eigenvalue weighted by atomic mass is 10.1. The van der Waals surface area contributed by atoms with Gasteiger partial charge in [-0.1, -0.05) is 0 Å². The molecule has 1 N–H and O–H groups in total. The first-order valence-corrected chi connectivity index (χ1v) is 10.9. The summed E-state index contributed by atoms with van der Waals surface area (Å²) in [5, 5.41) is 8.06. The van der Waals surface area contributed by atoms with Gasteiger partial charge in [0.25, 0.3) is 0 Å². The Balaban J connectivity index is 1.44. The molecule has 160 valence electrons. The van der Waals surface area contributed by atoms with Crippen molar-refractivity contribution in [2.24, 2.45) is 7.05 Å². The van der Waals surface area contributed by atoms with E-state index < -0.39 is 11.7 Å². The SMILES string of the molecule is Cc1ncc(-c2nc(NC3CCN(Sc4cnn(C)c4)CC3)ncc2C(F)(F)F)s1. The molecule has 0 aliphatic carbocycles. The van der Waals surface area contributed by atoms with E-state index in [9.17, 15) is 13.2 Å². The highest BCUT2D eigenvalue weighted by Gasteiger charge is 2.36. The van der Waals surface area contributed by atoms with Crippen molar-refractivity contribution in [3.05, 3.63) is 35.4 Å². The third-order valence-electron chi connectivity index (χ3n) is 4.65. The van der Waals surface area contributed by atoms with E-state index in [0.29, 0.717) is 9.88 Å². The summed E-state index contributed by atoms with van der Waals surface area (Å²) in [7, 11) is 1.88. The number of aromatic nitrogens is 5. The number of thiazole rings is 1. The smallest absolute Gasteiger partial charge is 0.351 e. The fourth-order valence-corrected chi connectivity index (χ4v) is 4.95. The molecule has 7 nitrogen and oxygen atoms in total. The van der Waals surface area contributed by atoms with Gasteiger partial charge in [0.05, 0.1) is 26.7 Å². The van der Waals surface area contributed by atoms with Crippen LogP contribution in [0.3, 0.4) is 0 Å². The van der Waals surface area contributed by atoms with Crippen molar-refractivity contribution in [1.29, 1.82) is 0 Å². The summed E-state index contributed by atoms with van der Waals surface area (Å²) in [5.41, 5.74) is -0.977. The normalized spacial score (nSPS) is 16.2. The van der Waals surface area contributed by atoms with Gasteiger partial charge >= 0.3 is 6.18 Å². The van der Waals surface area contributed by atoms with Crippen LogP contribution < -0.4 is 5.32 Å². The summed E-state index contributed by atoms with van der Waals surface area (Å²) < 4.78 is 44.3. The van der Waals surface area contributed by atoms with E-state index >= 15 is 0 Å². The van der Waals surface area contributed by atoms with E-state index in [4.69, 9.17) is 0 Å². The van der Waals surface area contributed by atoms with Crippen LogP contribution in [0.25, 0.3) is 10.6 Å². The lowest BCUT2D eigenvalue weighted by molar-refractivity contribution is -0.137.